The molecule has 116 valence electrons. The molecule has 0 atom stereocenters. The van der Waals surface area contributed by atoms with Crippen molar-refractivity contribution in [2.75, 3.05) is 33.5 Å². The van der Waals surface area contributed by atoms with E-state index in [4.69, 9.17) is 9.47 Å². The van der Waals surface area contributed by atoms with Crippen molar-refractivity contribution in [3.63, 3.8) is 0 Å². The molecule has 0 aromatic carbocycles. The molecule has 0 spiro atoms. The molecule has 0 aromatic rings. The standard InChI is InChI=1S/C16H35NO2/c1-7-16(8-2,14-17-15(3,4)5)10-9-11-19-13-12-18-6/h17H,7-14H2,1-6H3. The van der Waals surface area contributed by atoms with Gasteiger partial charge in [0, 0.05) is 25.8 Å². The lowest BCUT2D eigenvalue weighted by Gasteiger charge is -2.35. The smallest absolute Gasteiger partial charge is 0.0700 e. The van der Waals surface area contributed by atoms with E-state index in [-0.39, 0.29) is 5.54 Å². The van der Waals surface area contributed by atoms with E-state index >= 15 is 0 Å². The van der Waals surface area contributed by atoms with Crippen LogP contribution in [0.25, 0.3) is 0 Å². The van der Waals surface area contributed by atoms with Gasteiger partial charge in [0.15, 0.2) is 0 Å². The molecule has 0 amide bonds. The summed E-state index contributed by atoms with van der Waals surface area (Å²) >= 11 is 0. The lowest BCUT2D eigenvalue weighted by atomic mass is 9.77. The Bertz CT molecular complexity index is 207. The molecule has 0 heterocycles. The van der Waals surface area contributed by atoms with Crippen LogP contribution in [0.2, 0.25) is 0 Å². The van der Waals surface area contributed by atoms with Gasteiger partial charge in [-0.15, -0.1) is 0 Å². The third-order valence-corrected chi connectivity index (χ3v) is 3.92. The number of ether oxygens (including phenoxy) is 2. The summed E-state index contributed by atoms with van der Waals surface area (Å²) in [6.07, 6.45) is 4.82. The van der Waals surface area contributed by atoms with E-state index in [0.29, 0.717) is 18.6 Å². The minimum absolute atomic E-state index is 0.199. The van der Waals surface area contributed by atoms with E-state index < -0.39 is 0 Å². The van der Waals surface area contributed by atoms with E-state index in [1.54, 1.807) is 7.11 Å². The summed E-state index contributed by atoms with van der Waals surface area (Å²) in [5.41, 5.74) is 0.614. The highest BCUT2D eigenvalue weighted by Crippen LogP contribution is 2.31. The molecule has 0 radical (unpaired) electrons. The molecule has 0 aromatic heterocycles. The minimum Gasteiger partial charge on any atom is -0.382 e. The Morgan fingerprint density at radius 1 is 0.947 bits per heavy atom. The summed E-state index contributed by atoms with van der Waals surface area (Å²) in [6.45, 7) is 14.7. The first-order valence-corrected chi connectivity index (χ1v) is 7.71. The zero-order valence-corrected chi connectivity index (χ0v) is 14.0. The van der Waals surface area contributed by atoms with Crippen molar-refractivity contribution in [1.29, 1.82) is 0 Å². The predicted octanol–water partition coefficient (Wildman–Crippen LogP) is 3.62. The average molecular weight is 273 g/mol. The largest absolute Gasteiger partial charge is 0.382 e. The summed E-state index contributed by atoms with van der Waals surface area (Å²) < 4.78 is 10.5. The van der Waals surface area contributed by atoms with Gasteiger partial charge in [-0.25, -0.2) is 0 Å². The highest BCUT2D eigenvalue weighted by Gasteiger charge is 2.27. The maximum absolute atomic E-state index is 5.56. The number of methoxy groups -OCH3 is 1. The van der Waals surface area contributed by atoms with Crippen LogP contribution in [0.3, 0.4) is 0 Å². The van der Waals surface area contributed by atoms with Gasteiger partial charge in [0.05, 0.1) is 13.2 Å². The van der Waals surface area contributed by atoms with Gasteiger partial charge >= 0.3 is 0 Å². The van der Waals surface area contributed by atoms with Gasteiger partial charge in [-0.2, -0.15) is 0 Å². The molecule has 0 unspecified atom stereocenters. The molecule has 1 N–H and O–H groups in total. The number of nitrogens with one attached hydrogen (secondary N) is 1. The SMILES string of the molecule is CCC(CC)(CCCOCCOC)CNC(C)(C)C. The van der Waals surface area contributed by atoms with Crippen LogP contribution >= 0.6 is 0 Å². The highest BCUT2D eigenvalue weighted by molar-refractivity contribution is 4.83. The Hall–Kier alpha value is -0.120. The minimum atomic E-state index is 0.199. The fourth-order valence-electron chi connectivity index (χ4n) is 2.19. The Morgan fingerprint density at radius 2 is 1.58 bits per heavy atom. The van der Waals surface area contributed by atoms with Gasteiger partial charge in [0.1, 0.15) is 0 Å². The first-order valence-electron chi connectivity index (χ1n) is 7.71. The summed E-state index contributed by atoms with van der Waals surface area (Å²) in [5, 5.41) is 3.67. The van der Waals surface area contributed by atoms with Crippen LogP contribution in [0, 0.1) is 5.41 Å². The van der Waals surface area contributed by atoms with Crippen molar-refractivity contribution in [2.45, 2.75) is 65.8 Å². The predicted molar refractivity (Wildman–Crippen MR) is 82.7 cm³/mol. The Kier molecular flexibility index (Phi) is 9.67. The average Bonchev–Trinajstić information content (AvgIpc) is 2.37. The first kappa shape index (κ1) is 18.9. The molecule has 0 fully saturated rings. The van der Waals surface area contributed by atoms with Crippen molar-refractivity contribution in [1.82, 2.24) is 5.32 Å². The molecule has 0 aliphatic carbocycles. The van der Waals surface area contributed by atoms with Crippen LogP contribution in [0.1, 0.15) is 60.3 Å². The van der Waals surface area contributed by atoms with E-state index in [0.717, 1.165) is 19.6 Å². The summed E-state index contributed by atoms with van der Waals surface area (Å²) in [7, 11) is 1.71. The maximum Gasteiger partial charge on any atom is 0.0700 e. The van der Waals surface area contributed by atoms with Crippen molar-refractivity contribution >= 4 is 0 Å². The van der Waals surface area contributed by atoms with Gasteiger partial charge < -0.3 is 14.8 Å². The Labute approximate surface area is 120 Å². The van der Waals surface area contributed by atoms with Crippen LogP contribution in [-0.4, -0.2) is 39.0 Å². The van der Waals surface area contributed by atoms with E-state index in [2.05, 4.69) is 39.9 Å². The summed E-state index contributed by atoms with van der Waals surface area (Å²) in [6, 6.07) is 0. The lowest BCUT2D eigenvalue weighted by molar-refractivity contribution is 0.0619. The maximum atomic E-state index is 5.56. The topological polar surface area (TPSA) is 30.5 Å². The molecule has 0 saturated heterocycles. The molecule has 0 bridgehead atoms. The van der Waals surface area contributed by atoms with Crippen LogP contribution in [0.15, 0.2) is 0 Å². The zero-order valence-electron chi connectivity index (χ0n) is 14.0. The van der Waals surface area contributed by atoms with Gasteiger partial charge in [0.2, 0.25) is 0 Å². The quantitative estimate of drug-likeness (QED) is 0.583. The molecule has 0 rings (SSSR count). The zero-order chi connectivity index (χ0) is 14.8. The van der Waals surface area contributed by atoms with Crippen LogP contribution in [0.4, 0.5) is 0 Å². The van der Waals surface area contributed by atoms with Gasteiger partial charge in [-0.05, 0) is 51.9 Å². The molecule has 0 aliphatic heterocycles. The summed E-state index contributed by atoms with van der Waals surface area (Å²) in [5.74, 6) is 0. The van der Waals surface area contributed by atoms with E-state index in [1.165, 1.54) is 19.3 Å². The van der Waals surface area contributed by atoms with Crippen molar-refractivity contribution < 1.29 is 9.47 Å². The van der Waals surface area contributed by atoms with Gasteiger partial charge in [0.25, 0.3) is 0 Å². The molecular formula is C16H35NO2. The Morgan fingerprint density at radius 3 is 2.05 bits per heavy atom. The fourth-order valence-corrected chi connectivity index (χ4v) is 2.19. The number of hydrogen-bond acceptors (Lipinski definition) is 3. The van der Waals surface area contributed by atoms with Crippen molar-refractivity contribution in [3.05, 3.63) is 0 Å². The second-order valence-electron chi connectivity index (χ2n) is 6.52. The van der Waals surface area contributed by atoms with Crippen molar-refractivity contribution in [3.8, 4) is 0 Å². The normalized spacial score (nSPS) is 12.9. The van der Waals surface area contributed by atoms with E-state index in [1.807, 2.05) is 0 Å². The molecule has 3 nitrogen and oxygen atoms in total. The van der Waals surface area contributed by atoms with Gasteiger partial charge in [-0.3, -0.25) is 0 Å². The van der Waals surface area contributed by atoms with Gasteiger partial charge in [-0.1, -0.05) is 13.8 Å². The van der Waals surface area contributed by atoms with Crippen LogP contribution in [0.5, 0.6) is 0 Å². The highest BCUT2D eigenvalue weighted by atomic mass is 16.5. The molecule has 0 aliphatic rings. The number of hydrogen-bond donors (Lipinski definition) is 1. The van der Waals surface area contributed by atoms with Crippen molar-refractivity contribution in [2.24, 2.45) is 5.41 Å². The molecule has 19 heavy (non-hydrogen) atoms. The monoisotopic (exact) mass is 273 g/mol. The van der Waals surface area contributed by atoms with E-state index in [9.17, 15) is 0 Å². The third-order valence-electron chi connectivity index (χ3n) is 3.92. The summed E-state index contributed by atoms with van der Waals surface area (Å²) in [4.78, 5) is 0. The van der Waals surface area contributed by atoms with Crippen LogP contribution in [-0.2, 0) is 9.47 Å². The molecular weight excluding hydrogens is 238 g/mol. The van der Waals surface area contributed by atoms with Crippen LogP contribution < -0.4 is 5.32 Å². The Balaban J connectivity index is 4.01. The lowest BCUT2D eigenvalue weighted by Crippen LogP contribution is -2.43. The second-order valence-corrected chi connectivity index (χ2v) is 6.52. The first-order chi connectivity index (χ1) is 8.89. The molecule has 0 saturated carbocycles. The second kappa shape index (κ2) is 9.73. The third kappa shape index (κ3) is 9.42. The fraction of sp³-hybridized carbons (Fsp3) is 1.00. The molecule has 3 heteroatoms. The number of rotatable bonds is 11.